The molecule has 5 nitrogen and oxygen atoms in total. The van der Waals surface area contributed by atoms with Crippen molar-refractivity contribution in [3.8, 4) is 0 Å². The Kier molecular flexibility index (Phi) is 3.63. The lowest BCUT2D eigenvalue weighted by Gasteiger charge is -2.13. The van der Waals surface area contributed by atoms with Crippen molar-refractivity contribution in [3.05, 3.63) is 40.9 Å². The molecule has 90 valence electrons. The van der Waals surface area contributed by atoms with E-state index in [0.29, 0.717) is 12.2 Å². The smallest absolute Gasteiger partial charge is 0.268 e. The minimum atomic E-state index is -0.115. The van der Waals surface area contributed by atoms with E-state index in [4.69, 9.17) is 0 Å². The van der Waals surface area contributed by atoms with Crippen molar-refractivity contribution in [1.82, 2.24) is 20.1 Å². The molecule has 1 unspecified atom stereocenters. The van der Waals surface area contributed by atoms with E-state index in [1.807, 2.05) is 19.2 Å². The first kappa shape index (κ1) is 11.9. The van der Waals surface area contributed by atoms with Crippen LogP contribution in [0.4, 0.5) is 0 Å². The standard InChI is InChI=1S/C11H13BrN4O/c1-8(7-16-4-2-3-14-16)15-11(17)10-5-9(12)6-13-10/h2-6,8,13H,7H2,1H3,(H,15,17). The SMILES string of the molecule is CC(Cn1cccn1)NC(=O)c1cc(Br)c[nH]1. The molecule has 0 spiro atoms. The number of aromatic amines is 1. The number of halogens is 1. The third-order valence-corrected chi connectivity index (χ3v) is 2.75. The summed E-state index contributed by atoms with van der Waals surface area (Å²) >= 11 is 3.29. The number of carbonyl (C=O) groups is 1. The van der Waals surface area contributed by atoms with Gasteiger partial charge in [-0.1, -0.05) is 0 Å². The Hall–Kier alpha value is -1.56. The normalized spacial score (nSPS) is 12.4. The highest BCUT2D eigenvalue weighted by Crippen LogP contribution is 2.10. The van der Waals surface area contributed by atoms with Crippen molar-refractivity contribution in [2.45, 2.75) is 19.5 Å². The highest BCUT2D eigenvalue weighted by atomic mass is 79.9. The summed E-state index contributed by atoms with van der Waals surface area (Å²) in [5.74, 6) is -0.115. The molecule has 0 aliphatic rings. The highest BCUT2D eigenvalue weighted by Gasteiger charge is 2.11. The van der Waals surface area contributed by atoms with Crippen LogP contribution in [0.2, 0.25) is 0 Å². The van der Waals surface area contributed by atoms with Crippen molar-refractivity contribution in [2.75, 3.05) is 0 Å². The van der Waals surface area contributed by atoms with Crippen LogP contribution in [0.1, 0.15) is 17.4 Å². The van der Waals surface area contributed by atoms with Crippen LogP contribution in [-0.4, -0.2) is 26.7 Å². The molecule has 0 aliphatic heterocycles. The van der Waals surface area contributed by atoms with E-state index in [2.05, 4.69) is 31.3 Å². The topological polar surface area (TPSA) is 62.7 Å². The van der Waals surface area contributed by atoms with Crippen LogP contribution in [0.15, 0.2) is 35.2 Å². The maximum absolute atomic E-state index is 11.8. The van der Waals surface area contributed by atoms with Crippen LogP contribution < -0.4 is 5.32 Å². The molecule has 2 N–H and O–H groups in total. The first-order valence-corrected chi connectivity index (χ1v) is 6.06. The Balaban J connectivity index is 1.90. The van der Waals surface area contributed by atoms with Gasteiger partial charge in [-0.3, -0.25) is 9.48 Å². The first-order chi connectivity index (χ1) is 8.15. The van der Waals surface area contributed by atoms with Crippen LogP contribution >= 0.6 is 15.9 Å². The van der Waals surface area contributed by atoms with E-state index in [1.165, 1.54) is 0 Å². The molecule has 1 atom stereocenters. The average molecular weight is 297 g/mol. The summed E-state index contributed by atoms with van der Waals surface area (Å²) in [6, 6.07) is 3.62. The Bertz CT molecular complexity index is 491. The number of carbonyl (C=O) groups excluding carboxylic acids is 1. The number of hydrogen-bond acceptors (Lipinski definition) is 2. The maximum Gasteiger partial charge on any atom is 0.268 e. The van der Waals surface area contributed by atoms with Gasteiger partial charge in [0.25, 0.3) is 5.91 Å². The lowest BCUT2D eigenvalue weighted by molar-refractivity contribution is 0.0931. The maximum atomic E-state index is 11.8. The predicted molar refractivity (Wildman–Crippen MR) is 67.6 cm³/mol. The van der Waals surface area contributed by atoms with Gasteiger partial charge in [-0.15, -0.1) is 0 Å². The quantitative estimate of drug-likeness (QED) is 0.904. The van der Waals surface area contributed by atoms with E-state index in [-0.39, 0.29) is 11.9 Å². The summed E-state index contributed by atoms with van der Waals surface area (Å²) in [5.41, 5.74) is 0.546. The Morgan fingerprint density at radius 3 is 3.12 bits per heavy atom. The second-order valence-electron chi connectivity index (χ2n) is 3.83. The molecular formula is C11H13BrN4O. The van der Waals surface area contributed by atoms with Crippen molar-refractivity contribution in [3.63, 3.8) is 0 Å². The highest BCUT2D eigenvalue weighted by molar-refractivity contribution is 9.10. The third-order valence-electron chi connectivity index (χ3n) is 2.29. The molecule has 0 fully saturated rings. The molecule has 0 radical (unpaired) electrons. The van der Waals surface area contributed by atoms with E-state index in [9.17, 15) is 4.79 Å². The fourth-order valence-corrected chi connectivity index (χ4v) is 1.88. The Labute approximate surface area is 107 Å². The fraction of sp³-hybridized carbons (Fsp3) is 0.273. The molecule has 0 saturated carbocycles. The number of amides is 1. The molecule has 6 heteroatoms. The summed E-state index contributed by atoms with van der Waals surface area (Å²) in [5, 5.41) is 6.99. The number of rotatable bonds is 4. The van der Waals surface area contributed by atoms with Gasteiger partial charge < -0.3 is 10.3 Å². The van der Waals surface area contributed by atoms with Gasteiger partial charge >= 0.3 is 0 Å². The number of hydrogen-bond donors (Lipinski definition) is 2. The summed E-state index contributed by atoms with van der Waals surface area (Å²) in [7, 11) is 0. The van der Waals surface area contributed by atoms with E-state index in [0.717, 1.165) is 4.47 Å². The molecule has 0 bridgehead atoms. The van der Waals surface area contributed by atoms with E-state index < -0.39 is 0 Å². The van der Waals surface area contributed by atoms with Crippen molar-refractivity contribution in [2.24, 2.45) is 0 Å². The monoisotopic (exact) mass is 296 g/mol. The van der Waals surface area contributed by atoms with E-state index in [1.54, 1.807) is 23.1 Å². The Morgan fingerprint density at radius 2 is 2.53 bits per heavy atom. The second kappa shape index (κ2) is 5.18. The summed E-state index contributed by atoms with van der Waals surface area (Å²) in [6.07, 6.45) is 5.32. The van der Waals surface area contributed by atoms with Gasteiger partial charge in [0.2, 0.25) is 0 Å². The number of nitrogens with zero attached hydrogens (tertiary/aromatic N) is 2. The zero-order chi connectivity index (χ0) is 12.3. The molecule has 2 aromatic heterocycles. The van der Waals surface area contributed by atoms with Gasteiger partial charge in [0.05, 0.1) is 6.54 Å². The molecule has 1 amide bonds. The molecule has 2 aromatic rings. The predicted octanol–water partition coefficient (Wildman–Crippen LogP) is 1.79. The summed E-state index contributed by atoms with van der Waals surface area (Å²) < 4.78 is 2.65. The molecule has 2 rings (SSSR count). The average Bonchev–Trinajstić information content (AvgIpc) is 2.89. The zero-order valence-corrected chi connectivity index (χ0v) is 10.9. The summed E-state index contributed by atoms with van der Waals surface area (Å²) in [4.78, 5) is 14.7. The lowest BCUT2D eigenvalue weighted by atomic mass is 10.3. The minimum absolute atomic E-state index is 0.0180. The minimum Gasteiger partial charge on any atom is -0.356 e. The van der Waals surface area contributed by atoms with Crippen LogP contribution in [0.5, 0.6) is 0 Å². The Morgan fingerprint density at radius 1 is 1.71 bits per heavy atom. The molecular weight excluding hydrogens is 284 g/mol. The van der Waals surface area contributed by atoms with Crippen LogP contribution in [0, 0.1) is 0 Å². The van der Waals surface area contributed by atoms with Crippen molar-refractivity contribution in [1.29, 1.82) is 0 Å². The van der Waals surface area contributed by atoms with Crippen molar-refractivity contribution >= 4 is 21.8 Å². The second-order valence-corrected chi connectivity index (χ2v) is 4.75. The molecule has 2 heterocycles. The van der Waals surface area contributed by atoms with Gasteiger partial charge in [0.1, 0.15) is 5.69 Å². The van der Waals surface area contributed by atoms with Gasteiger partial charge in [-0.2, -0.15) is 5.10 Å². The first-order valence-electron chi connectivity index (χ1n) is 5.27. The van der Waals surface area contributed by atoms with Gasteiger partial charge in [0, 0.05) is 29.1 Å². The van der Waals surface area contributed by atoms with Gasteiger partial charge in [-0.05, 0) is 35.0 Å². The van der Waals surface area contributed by atoms with E-state index >= 15 is 0 Å². The van der Waals surface area contributed by atoms with Gasteiger partial charge in [0.15, 0.2) is 0 Å². The third kappa shape index (κ3) is 3.20. The van der Waals surface area contributed by atoms with Crippen LogP contribution in [-0.2, 0) is 6.54 Å². The van der Waals surface area contributed by atoms with Crippen molar-refractivity contribution < 1.29 is 4.79 Å². The lowest BCUT2D eigenvalue weighted by Crippen LogP contribution is -2.35. The molecule has 0 saturated heterocycles. The number of nitrogens with one attached hydrogen (secondary N) is 2. The zero-order valence-electron chi connectivity index (χ0n) is 9.35. The number of H-pyrrole nitrogens is 1. The fourth-order valence-electron chi connectivity index (χ4n) is 1.54. The molecule has 0 aromatic carbocycles. The molecule has 0 aliphatic carbocycles. The molecule has 17 heavy (non-hydrogen) atoms. The number of aromatic nitrogens is 3. The van der Waals surface area contributed by atoms with Crippen LogP contribution in [0.25, 0.3) is 0 Å². The van der Waals surface area contributed by atoms with Crippen LogP contribution in [0.3, 0.4) is 0 Å². The van der Waals surface area contributed by atoms with Gasteiger partial charge in [-0.25, -0.2) is 0 Å². The largest absolute Gasteiger partial charge is 0.356 e. The summed E-state index contributed by atoms with van der Waals surface area (Å²) in [6.45, 7) is 2.60.